The quantitative estimate of drug-likeness (QED) is 0.821. The summed E-state index contributed by atoms with van der Waals surface area (Å²) in [5.74, 6) is -2.72. The second-order valence-corrected chi connectivity index (χ2v) is 4.80. The number of alkyl halides is 2. The Morgan fingerprint density at radius 1 is 1.24 bits per heavy atom. The summed E-state index contributed by atoms with van der Waals surface area (Å²) in [6.45, 7) is 2.17. The Labute approximate surface area is 111 Å². The van der Waals surface area contributed by atoms with Gasteiger partial charge in [0.15, 0.2) is 0 Å². The molecule has 1 aromatic carbocycles. The molecule has 1 atom stereocenters. The second-order valence-electron chi connectivity index (χ2n) is 4.37. The summed E-state index contributed by atoms with van der Waals surface area (Å²) in [6.07, 6.45) is 0.440. The molecule has 0 bridgehead atoms. The van der Waals surface area contributed by atoms with Crippen LogP contribution in [0.4, 0.5) is 8.78 Å². The molecular weight excluding hydrogens is 267 g/mol. The van der Waals surface area contributed by atoms with Gasteiger partial charge >= 0.3 is 0 Å². The smallest absolute Gasteiger partial charge is 0.269 e. The maximum absolute atomic E-state index is 13.9. The molecule has 0 aliphatic carbocycles. The summed E-state index contributed by atoms with van der Waals surface area (Å²) in [4.78, 5) is 0. The molecule has 1 unspecified atom stereocenters. The Hall–Kier alpha value is -0.380. The molecule has 1 heterocycles. The molecule has 0 aromatic heterocycles. The van der Waals surface area contributed by atoms with E-state index in [1.165, 1.54) is 0 Å². The Bertz CT molecular complexity index is 381. The highest BCUT2D eigenvalue weighted by molar-refractivity contribution is 6.30. The number of rotatable bonds is 1. The van der Waals surface area contributed by atoms with Crippen molar-refractivity contribution in [2.75, 3.05) is 6.54 Å². The van der Waals surface area contributed by atoms with Gasteiger partial charge < -0.3 is 5.32 Å². The molecule has 2 rings (SSSR count). The standard InChI is InChI=1S/C12H14ClF2N.ClH/c1-11(9-3-5-10(13)6-4-9)12(14,15)7-2-8-16-11;/h3-6,16H,2,7-8H2,1H3;1H. The van der Waals surface area contributed by atoms with Gasteiger partial charge in [-0.2, -0.15) is 0 Å². The first-order valence-electron chi connectivity index (χ1n) is 5.35. The van der Waals surface area contributed by atoms with Gasteiger partial charge in [-0.25, -0.2) is 8.78 Å². The summed E-state index contributed by atoms with van der Waals surface area (Å²) in [7, 11) is 0. The molecule has 17 heavy (non-hydrogen) atoms. The summed E-state index contributed by atoms with van der Waals surface area (Å²) in [5.41, 5.74) is -0.697. The van der Waals surface area contributed by atoms with Crippen molar-refractivity contribution in [2.24, 2.45) is 0 Å². The molecule has 1 N–H and O–H groups in total. The van der Waals surface area contributed by atoms with Crippen molar-refractivity contribution in [3.8, 4) is 0 Å². The van der Waals surface area contributed by atoms with E-state index in [-0.39, 0.29) is 18.8 Å². The topological polar surface area (TPSA) is 12.0 Å². The predicted octanol–water partition coefficient (Wildman–Crippen LogP) is 4.00. The van der Waals surface area contributed by atoms with Crippen LogP contribution in [-0.4, -0.2) is 12.5 Å². The summed E-state index contributed by atoms with van der Waals surface area (Å²) in [5, 5.41) is 3.49. The number of piperidine rings is 1. The molecule has 1 fully saturated rings. The summed E-state index contributed by atoms with van der Waals surface area (Å²) in [6, 6.07) is 6.62. The molecule has 1 aliphatic rings. The van der Waals surface area contributed by atoms with Gasteiger partial charge in [0.05, 0.1) is 0 Å². The SMILES string of the molecule is CC1(c2ccc(Cl)cc2)NCCCC1(F)F.Cl. The van der Waals surface area contributed by atoms with Gasteiger partial charge in [0.2, 0.25) is 0 Å². The Morgan fingerprint density at radius 3 is 2.35 bits per heavy atom. The number of hydrogen-bond acceptors (Lipinski definition) is 1. The van der Waals surface area contributed by atoms with Gasteiger partial charge in [0.25, 0.3) is 5.92 Å². The van der Waals surface area contributed by atoms with Crippen LogP contribution in [0.3, 0.4) is 0 Å². The van der Waals surface area contributed by atoms with Gasteiger partial charge in [-0.15, -0.1) is 12.4 Å². The van der Waals surface area contributed by atoms with Crippen LogP contribution in [0.2, 0.25) is 5.02 Å². The van der Waals surface area contributed by atoms with Crippen LogP contribution in [-0.2, 0) is 5.54 Å². The van der Waals surface area contributed by atoms with Crippen LogP contribution in [0.25, 0.3) is 0 Å². The van der Waals surface area contributed by atoms with Gasteiger partial charge in [-0.1, -0.05) is 23.7 Å². The largest absolute Gasteiger partial charge is 0.303 e. The third kappa shape index (κ3) is 2.56. The van der Waals surface area contributed by atoms with E-state index in [4.69, 9.17) is 11.6 Å². The maximum Gasteiger partial charge on any atom is 0.269 e. The summed E-state index contributed by atoms with van der Waals surface area (Å²) >= 11 is 5.76. The average molecular weight is 282 g/mol. The van der Waals surface area contributed by atoms with Crippen LogP contribution in [0.1, 0.15) is 25.3 Å². The summed E-state index contributed by atoms with van der Waals surface area (Å²) < 4.78 is 27.9. The first kappa shape index (κ1) is 14.7. The van der Waals surface area contributed by atoms with Crippen LogP contribution in [0, 0.1) is 0 Å². The average Bonchev–Trinajstić information content (AvgIpc) is 2.23. The molecule has 5 heteroatoms. The normalized spacial score (nSPS) is 27.3. The lowest BCUT2D eigenvalue weighted by atomic mass is 9.80. The highest BCUT2D eigenvalue weighted by atomic mass is 35.5. The van der Waals surface area contributed by atoms with Crippen LogP contribution in [0.15, 0.2) is 24.3 Å². The van der Waals surface area contributed by atoms with E-state index >= 15 is 0 Å². The van der Waals surface area contributed by atoms with Crippen molar-refractivity contribution in [1.82, 2.24) is 5.32 Å². The van der Waals surface area contributed by atoms with Gasteiger partial charge in [0.1, 0.15) is 5.54 Å². The Kier molecular flexibility index (Phi) is 4.39. The predicted molar refractivity (Wildman–Crippen MR) is 68.2 cm³/mol. The lowest BCUT2D eigenvalue weighted by molar-refractivity contribution is -0.110. The molecule has 96 valence electrons. The van der Waals surface area contributed by atoms with Crippen molar-refractivity contribution >= 4 is 24.0 Å². The minimum atomic E-state index is -2.72. The zero-order valence-electron chi connectivity index (χ0n) is 9.47. The third-order valence-electron chi connectivity index (χ3n) is 3.30. The minimum Gasteiger partial charge on any atom is -0.303 e. The Balaban J connectivity index is 0.00000144. The number of benzene rings is 1. The first-order valence-corrected chi connectivity index (χ1v) is 5.72. The van der Waals surface area contributed by atoms with E-state index in [1.807, 2.05) is 0 Å². The van der Waals surface area contributed by atoms with Crippen LogP contribution >= 0.6 is 24.0 Å². The third-order valence-corrected chi connectivity index (χ3v) is 3.55. The molecule has 0 saturated carbocycles. The number of hydrogen-bond donors (Lipinski definition) is 1. The van der Waals surface area contributed by atoms with E-state index in [9.17, 15) is 8.78 Å². The van der Waals surface area contributed by atoms with Crippen molar-refractivity contribution in [1.29, 1.82) is 0 Å². The highest BCUT2D eigenvalue weighted by Gasteiger charge is 2.52. The first-order chi connectivity index (χ1) is 7.46. The van der Waals surface area contributed by atoms with E-state index < -0.39 is 11.5 Å². The molecular formula is C12H15Cl2F2N. The fourth-order valence-corrected chi connectivity index (χ4v) is 2.25. The van der Waals surface area contributed by atoms with E-state index in [0.717, 1.165) is 0 Å². The molecule has 1 aliphatic heterocycles. The monoisotopic (exact) mass is 281 g/mol. The zero-order valence-corrected chi connectivity index (χ0v) is 11.0. The fourth-order valence-electron chi connectivity index (χ4n) is 2.12. The Morgan fingerprint density at radius 2 is 1.82 bits per heavy atom. The van der Waals surface area contributed by atoms with Crippen LogP contribution < -0.4 is 5.32 Å². The molecule has 1 nitrogen and oxygen atoms in total. The van der Waals surface area contributed by atoms with Gasteiger partial charge in [-0.05, 0) is 37.6 Å². The molecule has 0 spiro atoms. The fraction of sp³-hybridized carbons (Fsp3) is 0.500. The van der Waals surface area contributed by atoms with Gasteiger partial charge in [0, 0.05) is 11.4 Å². The molecule has 0 amide bonds. The van der Waals surface area contributed by atoms with E-state index in [1.54, 1.807) is 31.2 Å². The molecule has 1 aromatic rings. The second kappa shape index (κ2) is 5.09. The van der Waals surface area contributed by atoms with Gasteiger partial charge in [-0.3, -0.25) is 0 Å². The van der Waals surface area contributed by atoms with Crippen molar-refractivity contribution in [2.45, 2.75) is 31.2 Å². The van der Waals surface area contributed by atoms with E-state index in [0.29, 0.717) is 23.6 Å². The number of nitrogens with one attached hydrogen (secondary N) is 1. The molecule has 1 saturated heterocycles. The van der Waals surface area contributed by atoms with Crippen molar-refractivity contribution < 1.29 is 8.78 Å². The lowest BCUT2D eigenvalue weighted by Gasteiger charge is -2.42. The van der Waals surface area contributed by atoms with Crippen molar-refractivity contribution in [3.63, 3.8) is 0 Å². The van der Waals surface area contributed by atoms with Crippen molar-refractivity contribution in [3.05, 3.63) is 34.9 Å². The molecule has 0 radical (unpaired) electrons. The zero-order chi connectivity index (χ0) is 11.8. The minimum absolute atomic E-state index is 0. The van der Waals surface area contributed by atoms with E-state index in [2.05, 4.69) is 5.32 Å². The highest BCUT2D eigenvalue weighted by Crippen LogP contribution is 2.43. The van der Waals surface area contributed by atoms with Crippen LogP contribution in [0.5, 0.6) is 0 Å². The maximum atomic E-state index is 13.9. The number of halogens is 4. The lowest BCUT2D eigenvalue weighted by Crippen LogP contribution is -2.57.